The zero-order chi connectivity index (χ0) is 18.4. The molecular formula is C21H28N2O2. The molecular weight excluding hydrogens is 312 g/mol. The summed E-state index contributed by atoms with van der Waals surface area (Å²) >= 11 is 0. The Kier molecular flexibility index (Phi) is 6.59. The molecule has 0 heterocycles. The molecule has 0 radical (unpaired) electrons. The third-order valence-corrected chi connectivity index (χ3v) is 4.83. The van der Waals surface area contributed by atoms with Gasteiger partial charge in [0.2, 0.25) is 5.91 Å². The van der Waals surface area contributed by atoms with Gasteiger partial charge in [-0.2, -0.15) is 0 Å². The summed E-state index contributed by atoms with van der Waals surface area (Å²) in [6.07, 6.45) is 0.736. The van der Waals surface area contributed by atoms with Crippen molar-refractivity contribution < 1.29 is 9.53 Å². The molecule has 2 aromatic rings. The van der Waals surface area contributed by atoms with Crippen molar-refractivity contribution in [1.29, 1.82) is 0 Å². The third kappa shape index (κ3) is 4.60. The van der Waals surface area contributed by atoms with E-state index in [4.69, 9.17) is 10.5 Å². The van der Waals surface area contributed by atoms with Crippen LogP contribution in [-0.4, -0.2) is 31.0 Å². The second kappa shape index (κ2) is 8.67. The van der Waals surface area contributed by atoms with E-state index >= 15 is 0 Å². The molecule has 0 fully saturated rings. The summed E-state index contributed by atoms with van der Waals surface area (Å²) in [5.41, 5.74) is 8.38. The van der Waals surface area contributed by atoms with E-state index in [1.165, 1.54) is 0 Å². The van der Waals surface area contributed by atoms with Crippen molar-refractivity contribution in [3.05, 3.63) is 65.7 Å². The molecule has 0 bridgehead atoms. The Labute approximate surface area is 150 Å². The lowest BCUT2D eigenvalue weighted by molar-refractivity contribution is -0.136. The van der Waals surface area contributed by atoms with Gasteiger partial charge in [0.15, 0.2) is 0 Å². The van der Waals surface area contributed by atoms with E-state index in [2.05, 4.69) is 0 Å². The first-order chi connectivity index (χ1) is 12.0. The summed E-state index contributed by atoms with van der Waals surface area (Å²) in [6.45, 7) is 3.94. The summed E-state index contributed by atoms with van der Waals surface area (Å²) < 4.78 is 5.41. The maximum Gasteiger partial charge on any atom is 0.227 e. The van der Waals surface area contributed by atoms with Crippen molar-refractivity contribution in [2.45, 2.75) is 32.4 Å². The summed E-state index contributed by atoms with van der Waals surface area (Å²) in [6, 6.07) is 17.4. The second-order valence-electron chi connectivity index (χ2n) is 6.54. The number of nitrogens with two attached hydrogens (primary N) is 1. The van der Waals surface area contributed by atoms with Gasteiger partial charge in [0, 0.05) is 19.1 Å². The van der Waals surface area contributed by atoms with Crippen molar-refractivity contribution in [2.75, 3.05) is 14.2 Å². The number of para-hydroxylation sites is 1. The first-order valence-electron chi connectivity index (χ1n) is 8.64. The van der Waals surface area contributed by atoms with Crippen molar-refractivity contribution in [1.82, 2.24) is 4.90 Å². The van der Waals surface area contributed by atoms with Crippen molar-refractivity contribution in [3.8, 4) is 5.75 Å². The smallest absolute Gasteiger partial charge is 0.227 e. The largest absolute Gasteiger partial charge is 0.496 e. The molecule has 0 aliphatic heterocycles. The molecule has 0 aliphatic rings. The highest BCUT2D eigenvalue weighted by Crippen LogP contribution is 2.24. The summed E-state index contributed by atoms with van der Waals surface area (Å²) in [5, 5.41) is 0. The lowest BCUT2D eigenvalue weighted by Crippen LogP contribution is -2.42. The third-order valence-electron chi connectivity index (χ3n) is 4.83. The van der Waals surface area contributed by atoms with E-state index in [0.29, 0.717) is 0 Å². The fourth-order valence-electron chi connectivity index (χ4n) is 2.98. The van der Waals surface area contributed by atoms with Crippen LogP contribution in [0.3, 0.4) is 0 Å². The minimum atomic E-state index is -0.311. The summed E-state index contributed by atoms with van der Waals surface area (Å²) in [4.78, 5) is 14.7. The van der Waals surface area contributed by atoms with Gasteiger partial charge >= 0.3 is 0 Å². The molecule has 0 saturated heterocycles. The monoisotopic (exact) mass is 340 g/mol. The molecule has 25 heavy (non-hydrogen) atoms. The Morgan fingerprint density at radius 1 is 1.08 bits per heavy atom. The van der Waals surface area contributed by atoms with Crippen LogP contribution in [0.2, 0.25) is 0 Å². The molecule has 0 aliphatic carbocycles. The number of methoxy groups -OCH3 is 1. The van der Waals surface area contributed by atoms with Crippen LogP contribution in [0.4, 0.5) is 0 Å². The number of rotatable bonds is 7. The van der Waals surface area contributed by atoms with Gasteiger partial charge in [-0.25, -0.2) is 0 Å². The Balaban J connectivity index is 2.05. The van der Waals surface area contributed by atoms with Gasteiger partial charge < -0.3 is 15.4 Å². The van der Waals surface area contributed by atoms with Crippen LogP contribution >= 0.6 is 0 Å². The van der Waals surface area contributed by atoms with Crippen molar-refractivity contribution in [3.63, 3.8) is 0 Å². The van der Waals surface area contributed by atoms with E-state index in [0.717, 1.165) is 23.3 Å². The van der Waals surface area contributed by atoms with Gasteiger partial charge in [-0.15, -0.1) is 0 Å². The predicted octanol–water partition coefficient (Wildman–Crippen LogP) is 3.42. The Hall–Kier alpha value is -2.33. The fourth-order valence-corrected chi connectivity index (χ4v) is 2.98. The number of ether oxygens (including phenoxy) is 1. The first kappa shape index (κ1) is 19.0. The van der Waals surface area contributed by atoms with Crippen LogP contribution in [0.1, 0.15) is 31.0 Å². The van der Waals surface area contributed by atoms with E-state index in [-0.39, 0.29) is 23.9 Å². The lowest BCUT2D eigenvalue weighted by Gasteiger charge is -2.30. The van der Waals surface area contributed by atoms with Gasteiger partial charge in [-0.05, 0) is 30.5 Å². The van der Waals surface area contributed by atoms with E-state index in [1.54, 1.807) is 12.0 Å². The molecule has 1 amide bonds. The van der Waals surface area contributed by atoms with Gasteiger partial charge in [0.25, 0.3) is 0 Å². The Bertz CT molecular complexity index is 687. The highest BCUT2D eigenvalue weighted by molar-refractivity contribution is 5.79. The normalized spacial score (nSPS) is 14.4. The molecule has 0 spiro atoms. The Morgan fingerprint density at radius 2 is 1.68 bits per heavy atom. The van der Waals surface area contributed by atoms with Gasteiger partial charge in [-0.1, -0.05) is 55.5 Å². The maximum absolute atomic E-state index is 12.9. The van der Waals surface area contributed by atoms with Gasteiger partial charge in [0.1, 0.15) is 5.75 Å². The lowest BCUT2D eigenvalue weighted by atomic mass is 9.93. The van der Waals surface area contributed by atoms with Crippen LogP contribution in [0.25, 0.3) is 0 Å². The van der Waals surface area contributed by atoms with Gasteiger partial charge in [0.05, 0.1) is 13.0 Å². The first-order valence-corrected chi connectivity index (χ1v) is 8.64. The van der Waals surface area contributed by atoms with Crippen LogP contribution in [-0.2, 0) is 11.2 Å². The number of carbonyl (C=O) groups excluding carboxylic acids is 1. The average molecular weight is 340 g/mol. The van der Waals surface area contributed by atoms with Crippen molar-refractivity contribution >= 4 is 5.91 Å². The number of likely N-dealkylation sites (N-methyl/N-ethyl adjacent to an activating group) is 1. The molecule has 4 nitrogen and oxygen atoms in total. The van der Waals surface area contributed by atoms with E-state index < -0.39 is 0 Å². The molecule has 2 N–H and O–H groups in total. The molecule has 134 valence electrons. The molecule has 0 saturated carbocycles. The fraction of sp³-hybridized carbons (Fsp3) is 0.381. The molecule has 3 atom stereocenters. The zero-order valence-electron chi connectivity index (χ0n) is 15.5. The molecule has 4 heteroatoms. The molecule has 2 rings (SSSR count). The van der Waals surface area contributed by atoms with Crippen LogP contribution in [0, 0.1) is 5.92 Å². The van der Waals surface area contributed by atoms with E-state index in [1.807, 2.05) is 75.5 Å². The number of nitrogens with zero attached hydrogens (tertiary/aromatic N) is 1. The van der Waals surface area contributed by atoms with Crippen LogP contribution in [0.15, 0.2) is 54.6 Å². The maximum atomic E-state index is 12.9. The number of benzene rings is 2. The number of amides is 1. The SMILES string of the molecule is COc1ccccc1CC(C)N(C)C(=O)C(C)C(N)c1ccccc1. The number of hydrogen-bond acceptors (Lipinski definition) is 3. The van der Waals surface area contributed by atoms with Crippen LogP contribution in [0.5, 0.6) is 5.75 Å². The minimum Gasteiger partial charge on any atom is -0.496 e. The molecule has 0 aromatic heterocycles. The average Bonchev–Trinajstić information content (AvgIpc) is 2.66. The summed E-state index contributed by atoms with van der Waals surface area (Å²) in [5.74, 6) is 0.621. The second-order valence-corrected chi connectivity index (χ2v) is 6.54. The molecule has 2 aromatic carbocycles. The van der Waals surface area contributed by atoms with Crippen molar-refractivity contribution in [2.24, 2.45) is 11.7 Å². The minimum absolute atomic E-state index is 0.0502. The molecule has 3 unspecified atom stereocenters. The topological polar surface area (TPSA) is 55.6 Å². The summed E-state index contributed by atoms with van der Waals surface area (Å²) in [7, 11) is 3.51. The van der Waals surface area contributed by atoms with Gasteiger partial charge in [-0.3, -0.25) is 4.79 Å². The van der Waals surface area contributed by atoms with Crippen LogP contribution < -0.4 is 10.5 Å². The highest BCUT2D eigenvalue weighted by atomic mass is 16.5. The standard InChI is InChI=1S/C21H28N2O2/c1-15(14-18-12-8-9-13-19(18)25-4)23(3)21(24)16(2)20(22)17-10-6-5-7-11-17/h5-13,15-16,20H,14,22H2,1-4H3. The van der Waals surface area contributed by atoms with E-state index in [9.17, 15) is 4.79 Å². The number of hydrogen-bond donors (Lipinski definition) is 1. The predicted molar refractivity (Wildman–Crippen MR) is 101 cm³/mol. The number of carbonyl (C=O) groups is 1. The quantitative estimate of drug-likeness (QED) is 0.840. The zero-order valence-corrected chi connectivity index (χ0v) is 15.5. The highest BCUT2D eigenvalue weighted by Gasteiger charge is 2.27. The Morgan fingerprint density at radius 3 is 2.32 bits per heavy atom.